The van der Waals surface area contributed by atoms with Gasteiger partial charge in [-0.1, -0.05) is 33.8 Å². The summed E-state index contributed by atoms with van der Waals surface area (Å²) < 4.78 is 22.7. The number of hydrogen-bond donors (Lipinski definition) is 3. The summed E-state index contributed by atoms with van der Waals surface area (Å²) in [6.45, 7) is 18.2. The van der Waals surface area contributed by atoms with Crippen LogP contribution in [0.4, 0.5) is 0 Å². The molecule has 10 heteroatoms. The van der Waals surface area contributed by atoms with E-state index in [9.17, 15) is 14.4 Å². The lowest BCUT2D eigenvalue weighted by Gasteiger charge is -2.34. The number of nitrogens with one attached hydrogen (secondary N) is 1. The summed E-state index contributed by atoms with van der Waals surface area (Å²) in [5.41, 5.74) is 11.8. The summed E-state index contributed by atoms with van der Waals surface area (Å²) in [5, 5.41) is 2.89. The fraction of sp³-hybridized carbons (Fsp3) is 0.743. The van der Waals surface area contributed by atoms with Gasteiger partial charge in [0, 0.05) is 38.6 Å². The highest BCUT2D eigenvalue weighted by Crippen LogP contribution is 2.33. The summed E-state index contributed by atoms with van der Waals surface area (Å²) in [7, 11) is 3.28. The molecule has 0 saturated carbocycles. The Morgan fingerprint density at radius 3 is 2.07 bits per heavy atom. The average Bonchev–Trinajstić information content (AvgIpc) is 2.94. The standard InChI is InChI=1S/C35H61N3O7/c1-22(2)25(17-24-13-14-28(43-11)30(18-24)44-16-12-15-42-10)19-27(36)29(45-33(41)34(5,6)7)20-26(23(3)4)31(39)38-21-35(8,9)32(37)40/h13-14,18,22-23,25-27,29H,12,15-17,19-21,36H2,1-11H3,(H2,37,40)(H,38,39)/t25-,26-,27?,29-/m0/s1. The van der Waals surface area contributed by atoms with Crippen LogP contribution in [0.1, 0.15) is 87.1 Å². The van der Waals surface area contributed by atoms with Gasteiger partial charge in [0.15, 0.2) is 11.5 Å². The molecule has 4 atom stereocenters. The molecule has 0 heterocycles. The number of methoxy groups -OCH3 is 2. The van der Waals surface area contributed by atoms with E-state index < -0.39 is 34.8 Å². The second-order valence-corrected chi connectivity index (χ2v) is 14.5. The molecule has 1 aromatic carbocycles. The van der Waals surface area contributed by atoms with Crippen molar-refractivity contribution in [2.75, 3.05) is 34.0 Å². The third kappa shape index (κ3) is 13.6. The molecule has 45 heavy (non-hydrogen) atoms. The van der Waals surface area contributed by atoms with Gasteiger partial charge in [-0.05, 0) is 89.3 Å². The molecule has 0 saturated heterocycles. The molecule has 1 rings (SSSR count). The molecular weight excluding hydrogens is 574 g/mol. The van der Waals surface area contributed by atoms with Crippen molar-refractivity contribution in [2.45, 2.75) is 100 Å². The van der Waals surface area contributed by atoms with Gasteiger partial charge < -0.3 is 35.7 Å². The Hall–Kier alpha value is -2.85. The third-order valence-corrected chi connectivity index (χ3v) is 8.34. The van der Waals surface area contributed by atoms with Crippen molar-refractivity contribution < 1.29 is 33.3 Å². The number of primary amides is 1. The number of rotatable bonds is 20. The van der Waals surface area contributed by atoms with E-state index in [0.717, 1.165) is 18.4 Å². The number of amides is 2. The summed E-state index contributed by atoms with van der Waals surface area (Å²) in [5.74, 6) is 0.148. The molecule has 1 unspecified atom stereocenters. The lowest BCUT2D eigenvalue weighted by Crippen LogP contribution is -2.48. The molecule has 0 radical (unpaired) electrons. The largest absolute Gasteiger partial charge is 0.493 e. The quantitative estimate of drug-likeness (QED) is 0.135. The number of benzene rings is 1. The van der Waals surface area contributed by atoms with E-state index in [4.69, 9.17) is 30.4 Å². The van der Waals surface area contributed by atoms with Crippen LogP contribution in [-0.2, 0) is 30.3 Å². The molecule has 0 fully saturated rings. The first-order valence-electron chi connectivity index (χ1n) is 16.2. The first-order valence-corrected chi connectivity index (χ1v) is 16.2. The monoisotopic (exact) mass is 635 g/mol. The number of esters is 1. The number of carbonyl (C=O) groups is 3. The van der Waals surface area contributed by atoms with E-state index in [2.05, 4.69) is 19.2 Å². The normalized spacial score (nSPS) is 14.9. The van der Waals surface area contributed by atoms with Crippen LogP contribution in [0.3, 0.4) is 0 Å². The van der Waals surface area contributed by atoms with E-state index in [-0.39, 0.29) is 42.6 Å². The molecule has 0 aliphatic rings. The Morgan fingerprint density at radius 2 is 1.56 bits per heavy atom. The van der Waals surface area contributed by atoms with E-state index in [0.29, 0.717) is 31.1 Å². The molecule has 0 bridgehead atoms. The van der Waals surface area contributed by atoms with Gasteiger partial charge in [0.05, 0.1) is 24.5 Å². The number of hydrogen-bond acceptors (Lipinski definition) is 8. The second-order valence-electron chi connectivity index (χ2n) is 14.5. The van der Waals surface area contributed by atoms with Gasteiger partial charge in [0.2, 0.25) is 11.8 Å². The molecule has 0 spiro atoms. The first kappa shape index (κ1) is 40.2. The zero-order valence-electron chi connectivity index (χ0n) is 29.7. The van der Waals surface area contributed by atoms with E-state index in [1.54, 1.807) is 48.8 Å². The minimum absolute atomic E-state index is 0.0627. The van der Waals surface area contributed by atoms with E-state index in [1.165, 1.54) is 0 Å². The molecular formula is C35H61N3O7. The molecule has 10 nitrogen and oxygen atoms in total. The maximum Gasteiger partial charge on any atom is 0.311 e. The van der Waals surface area contributed by atoms with Gasteiger partial charge in [-0.3, -0.25) is 14.4 Å². The van der Waals surface area contributed by atoms with E-state index in [1.807, 2.05) is 32.0 Å². The van der Waals surface area contributed by atoms with Crippen molar-refractivity contribution in [2.24, 2.45) is 46.0 Å². The Labute approximate surface area is 271 Å². The van der Waals surface area contributed by atoms with Crippen LogP contribution < -0.4 is 26.3 Å². The first-order chi connectivity index (χ1) is 20.8. The highest BCUT2D eigenvalue weighted by atomic mass is 16.5. The zero-order valence-corrected chi connectivity index (χ0v) is 29.7. The Bertz CT molecular complexity index is 1080. The highest BCUT2D eigenvalue weighted by Gasteiger charge is 2.36. The Morgan fingerprint density at radius 1 is 0.911 bits per heavy atom. The summed E-state index contributed by atoms with van der Waals surface area (Å²) in [6, 6.07) is 5.45. The molecule has 5 N–H and O–H groups in total. The van der Waals surface area contributed by atoms with E-state index >= 15 is 0 Å². The highest BCUT2D eigenvalue weighted by molar-refractivity contribution is 5.83. The molecule has 0 aliphatic carbocycles. The van der Waals surface area contributed by atoms with Crippen molar-refractivity contribution in [3.05, 3.63) is 23.8 Å². The molecule has 2 amide bonds. The van der Waals surface area contributed by atoms with Gasteiger partial charge >= 0.3 is 5.97 Å². The van der Waals surface area contributed by atoms with Crippen LogP contribution in [-0.4, -0.2) is 63.9 Å². The molecule has 0 aliphatic heterocycles. The lowest BCUT2D eigenvalue weighted by atomic mass is 9.80. The van der Waals surface area contributed by atoms with Crippen LogP contribution in [0.2, 0.25) is 0 Å². The van der Waals surface area contributed by atoms with Gasteiger partial charge in [-0.15, -0.1) is 0 Å². The van der Waals surface area contributed by atoms with Crippen LogP contribution in [0, 0.1) is 34.5 Å². The summed E-state index contributed by atoms with van der Waals surface area (Å²) in [6.07, 6.45) is 1.66. The van der Waals surface area contributed by atoms with Crippen molar-refractivity contribution in [1.82, 2.24) is 5.32 Å². The maximum absolute atomic E-state index is 13.4. The number of carbonyl (C=O) groups excluding carboxylic acids is 3. The summed E-state index contributed by atoms with van der Waals surface area (Å²) >= 11 is 0. The molecule has 1 aromatic rings. The minimum atomic E-state index is -0.896. The van der Waals surface area contributed by atoms with Crippen molar-refractivity contribution in [3.8, 4) is 11.5 Å². The smallest absolute Gasteiger partial charge is 0.311 e. The van der Waals surface area contributed by atoms with Crippen molar-refractivity contribution >= 4 is 17.8 Å². The third-order valence-electron chi connectivity index (χ3n) is 8.34. The van der Waals surface area contributed by atoms with Crippen LogP contribution in [0.25, 0.3) is 0 Å². The fourth-order valence-electron chi connectivity index (χ4n) is 4.82. The van der Waals surface area contributed by atoms with Gasteiger partial charge in [0.25, 0.3) is 0 Å². The van der Waals surface area contributed by atoms with Gasteiger partial charge in [-0.2, -0.15) is 0 Å². The summed E-state index contributed by atoms with van der Waals surface area (Å²) in [4.78, 5) is 38.3. The predicted molar refractivity (Wildman–Crippen MR) is 178 cm³/mol. The lowest BCUT2D eigenvalue weighted by molar-refractivity contribution is -0.162. The van der Waals surface area contributed by atoms with Crippen LogP contribution in [0.5, 0.6) is 11.5 Å². The second kappa shape index (κ2) is 18.3. The van der Waals surface area contributed by atoms with Crippen LogP contribution in [0.15, 0.2) is 18.2 Å². The van der Waals surface area contributed by atoms with Crippen molar-refractivity contribution in [3.63, 3.8) is 0 Å². The topological polar surface area (TPSA) is 152 Å². The molecule has 258 valence electrons. The average molecular weight is 636 g/mol. The number of nitrogens with two attached hydrogens (primary N) is 2. The number of ether oxygens (including phenoxy) is 4. The van der Waals surface area contributed by atoms with Crippen LogP contribution >= 0.6 is 0 Å². The molecule has 0 aromatic heterocycles. The zero-order chi connectivity index (χ0) is 34.5. The predicted octanol–water partition coefficient (Wildman–Crippen LogP) is 4.89. The van der Waals surface area contributed by atoms with Gasteiger partial charge in [0.1, 0.15) is 6.10 Å². The maximum atomic E-state index is 13.4. The minimum Gasteiger partial charge on any atom is -0.493 e. The van der Waals surface area contributed by atoms with Crippen molar-refractivity contribution in [1.29, 1.82) is 0 Å². The Balaban J connectivity index is 3.23. The fourth-order valence-corrected chi connectivity index (χ4v) is 4.82. The Kier molecular flexibility index (Phi) is 16.4. The van der Waals surface area contributed by atoms with Gasteiger partial charge in [-0.25, -0.2) is 0 Å². The SMILES string of the molecule is COCCCOc1cc(C[C@@H](CC(N)[C@H](C[C@H](C(=O)NCC(C)(C)C(N)=O)C(C)C)OC(=O)C(C)(C)C)C(C)C)ccc1OC.